The van der Waals surface area contributed by atoms with Crippen molar-refractivity contribution >= 4 is 29.9 Å². The number of nitrogens with two attached hydrogens (primary N) is 1. The third-order valence-corrected chi connectivity index (χ3v) is 4.47. The van der Waals surface area contributed by atoms with Gasteiger partial charge in [0.25, 0.3) is 0 Å². The fraction of sp³-hybridized carbons (Fsp3) is 0.632. The smallest absolute Gasteiger partial charge is 0.191 e. The highest BCUT2D eigenvalue weighted by Crippen LogP contribution is 2.16. The summed E-state index contributed by atoms with van der Waals surface area (Å²) in [6, 6.07) is 8.16. The zero-order valence-electron chi connectivity index (χ0n) is 15.8. The fourth-order valence-electron chi connectivity index (χ4n) is 2.77. The Morgan fingerprint density at radius 2 is 1.88 bits per heavy atom. The Kier molecular flexibility index (Phi) is 10.2. The number of halogens is 1. The zero-order chi connectivity index (χ0) is 17.4. The molecule has 0 unspecified atom stereocenters. The Labute approximate surface area is 169 Å². The van der Waals surface area contributed by atoms with Crippen molar-refractivity contribution < 1.29 is 4.74 Å². The first kappa shape index (κ1) is 22.0. The lowest BCUT2D eigenvalue weighted by atomic mass is 10.00. The van der Waals surface area contributed by atoms with Crippen LogP contribution in [-0.4, -0.2) is 56.1 Å². The molecule has 1 heterocycles. The van der Waals surface area contributed by atoms with E-state index in [1.807, 2.05) is 12.1 Å². The van der Waals surface area contributed by atoms with Crippen molar-refractivity contribution in [3.63, 3.8) is 0 Å². The number of nitrogens with zero attached hydrogens (tertiary/aromatic N) is 3. The van der Waals surface area contributed by atoms with Crippen molar-refractivity contribution in [2.75, 3.05) is 40.3 Å². The molecular formula is C19H33IN4O. The second-order valence-electron chi connectivity index (χ2n) is 6.99. The quantitative estimate of drug-likeness (QED) is 0.294. The minimum absolute atomic E-state index is 0. The van der Waals surface area contributed by atoms with Gasteiger partial charge in [0, 0.05) is 19.6 Å². The van der Waals surface area contributed by atoms with Crippen LogP contribution < -0.4 is 10.5 Å². The van der Waals surface area contributed by atoms with E-state index in [0.29, 0.717) is 12.5 Å². The van der Waals surface area contributed by atoms with E-state index in [1.54, 1.807) is 0 Å². The monoisotopic (exact) mass is 460 g/mol. The lowest BCUT2D eigenvalue weighted by Crippen LogP contribution is -2.42. The molecule has 25 heavy (non-hydrogen) atoms. The third-order valence-electron chi connectivity index (χ3n) is 4.47. The van der Waals surface area contributed by atoms with Crippen LogP contribution in [0.15, 0.2) is 29.3 Å². The van der Waals surface area contributed by atoms with Gasteiger partial charge in [-0.15, -0.1) is 24.0 Å². The first-order valence-corrected chi connectivity index (χ1v) is 8.96. The topological polar surface area (TPSA) is 54.1 Å². The minimum Gasteiger partial charge on any atom is -0.494 e. The summed E-state index contributed by atoms with van der Waals surface area (Å²) in [5.41, 5.74) is 7.28. The molecule has 0 radical (unpaired) electrons. The first-order valence-electron chi connectivity index (χ1n) is 8.96. The second-order valence-corrected chi connectivity index (χ2v) is 6.99. The summed E-state index contributed by atoms with van der Waals surface area (Å²) in [5, 5.41) is 0. The number of guanidine groups is 1. The van der Waals surface area contributed by atoms with E-state index in [2.05, 4.69) is 47.9 Å². The molecule has 0 aliphatic carbocycles. The Morgan fingerprint density at radius 3 is 2.48 bits per heavy atom. The Morgan fingerprint density at radius 1 is 1.24 bits per heavy atom. The van der Waals surface area contributed by atoms with E-state index >= 15 is 0 Å². The summed E-state index contributed by atoms with van der Waals surface area (Å²) >= 11 is 0. The van der Waals surface area contributed by atoms with E-state index in [9.17, 15) is 0 Å². The molecule has 1 aliphatic heterocycles. The fourth-order valence-corrected chi connectivity index (χ4v) is 2.77. The van der Waals surface area contributed by atoms with Gasteiger partial charge in [0.15, 0.2) is 5.96 Å². The van der Waals surface area contributed by atoms with Gasteiger partial charge in [-0.05, 0) is 57.0 Å². The highest BCUT2D eigenvalue weighted by molar-refractivity contribution is 14.0. The van der Waals surface area contributed by atoms with Gasteiger partial charge >= 0.3 is 0 Å². The van der Waals surface area contributed by atoms with Gasteiger partial charge in [0.1, 0.15) is 5.75 Å². The van der Waals surface area contributed by atoms with Gasteiger partial charge in [0.2, 0.25) is 0 Å². The number of hydrogen-bond donors (Lipinski definition) is 1. The van der Waals surface area contributed by atoms with Crippen molar-refractivity contribution in [3.05, 3.63) is 29.8 Å². The van der Waals surface area contributed by atoms with Crippen molar-refractivity contribution in [1.29, 1.82) is 0 Å². The van der Waals surface area contributed by atoms with E-state index in [-0.39, 0.29) is 24.0 Å². The largest absolute Gasteiger partial charge is 0.494 e. The van der Waals surface area contributed by atoms with Crippen LogP contribution in [0.1, 0.15) is 31.7 Å². The molecule has 1 fully saturated rings. The Hall–Kier alpha value is -1.02. The first-order chi connectivity index (χ1) is 11.5. The summed E-state index contributed by atoms with van der Waals surface area (Å²) in [6.45, 7) is 6.76. The van der Waals surface area contributed by atoms with Crippen LogP contribution in [0.5, 0.6) is 5.75 Å². The predicted octanol–water partition coefficient (Wildman–Crippen LogP) is 3.18. The van der Waals surface area contributed by atoms with Crippen LogP contribution in [0.25, 0.3) is 0 Å². The van der Waals surface area contributed by atoms with Crippen LogP contribution in [-0.2, 0) is 6.54 Å². The molecule has 0 bridgehead atoms. The molecule has 0 spiro atoms. The number of benzene rings is 1. The van der Waals surface area contributed by atoms with Gasteiger partial charge in [-0.25, -0.2) is 4.99 Å². The summed E-state index contributed by atoms with van der Waals surface area (Å²) in [4.78, 5) is 8.90. The number of rotatable bonds is 7. The van der Waals surface area contributed by atoms with Gasteiger partial charge in [-0.1, -0.05) is 19.1 Å². The molecule has 2 rings (SSSR count). The molecule has 1 aromatic carbocycles. The zero-order valence-corrected chi connectivity index (χ0v) is 18.1. The van der Waals surface area contributed by atoms with Gasteiger partial charge in [-0.3, -0.25) is 0 Å². The second kappa shape index (κ2) is 11.6. The SMILES string of the molecule is CC1CCN(C(N)=NCc2ccc(OCCCN(C)C)cc2)CC1.I. The van der Waals surface area contributed by atoms with Gasteiger partial charge < -0.3 is 20.3 Å². The van der Waals surface area contributed by atoms with Crippen molar-refractivity contribution in [1.82, 2.24) is 9.80 Å². The highest BCUT2D eigenvalue weighted by atomic mass is 127. The molecule has 1 aliphatic rings. The maximum atomic E-state index is 6.12. The molecule has 142 valence electrons. The summed E-state index contributed by atoms with van der Waals surface area (Å²) in [5.74, 6) is 2.39. The van der Waals surface area contributed by atoms with Crippen molar-refractivity contribution in [3.8, 4) is 5.75 Å². The van der Waals surface area contributed by atoms with E-state index in [0.717, 1.165) is 49.9 Å². The number of aliphatic imine (C=N–C) groups is 1. The van der Waals surface area contributed by atoms with E-state index < -0.39 is 0 Å². The number of hydrogen-bond acceptors (Lipinski definition) is 3. The standard InChI is InChI=1S/C19H32N4O.HI/c1-16-9-12-23(13-10-16)19(20)21-15-17-5-7-18(8-6-17)24-14-4-11-22(2)3;/h5-8,16H,4,9-15H2,1-3H3,(H2,20,21);1H. The Balaban J connectivity index is 0.00000312. The lowest BCUT2D eigenvalue weighted by molar-refractivity contribution is 0.277. The maximum Gasteiger partial charge on any atom is 0.191 e. The summed E-state index contributed by atoms with van der Waals surface area (Å²) in [7, 11) is 4.15. The molecular weight excluding hydrogens is 427 g/mol. The van der Waals surface area contributed by atoms with Crippen molar-refractivity contribution in [2.45, 2.75) is 32.7 Å². The molecule has 5 nitrogen and oxygen atoms in total. The van der Waals surface area contributed by atoms with Crippen LogP contribution >= 0.6 is 24.0 Å². The minimum atomic E-state index is 0. The molecule has 0 amide bonds. The predicted molar refractivity (Wildman–Crippen MR) is 116 cm³/mol. The molecule has 0 aromatic heterocycles. The third kappa shape index (κ3) is 8.27. The molecule has 0 atom stereocenters. The van der Waals surface area contributed by atoms with E-state index in [4.69, 9.17) is 10.5 Å². The number of likely N-dealkylation sites (tertiary alicyclic amines) is 1. The molecule has 1 aromatic rings. The van der Waals surface area contributed by atoms with Crippen LogP contribution in [0, 0.1) is 5.92 Å². The molecule has 2 N–H and O–H groups in total. The number of ether oxygens (including phenoxy) is 1. The highest BCUT2D eigenvalue weighted by Gasteiger charge is 2.16. The van der Waals surface area contributed by atoms with Crippen molar-refractivity contribution in [2.24, 2.45) is 16.6 Å². The maximum absolute atomic E-state index is 6.12. The summed E-state index contributed by atoms with van der Waals surface area (Å²) in [6.07, 6.45) is 3.44. The van der Waals surface area contributed by atoms with E-state index in [1.165, 1.54) is 12.8 Å². The lowest BCUT2D eigenvalue weighted by Gasteiger charge is -2.31. The van der Waals surface area contributed by atoms with Crippen LogP contribution in [0.2, 0.25) is 0 Å². The molecule has 0 saturated carbocycles. The van der Waals surface area contributed by atoms with Crippen LogP contribution in [0.4, 0.5) is 0 Å². The molecule has 1 saturated heterocycles. The average molecular weight is 460 g/mol. The number of piperidine rings is 1. The van der Waals surface area contributed by atoms with Crippen LogP contribution in [0.3, 0.4) is 0 Å². The summed E-state index contributed by atoms with van der Waals surface area (Å²) < 4.78 is 5.75. The van der Waals surface area contributed by atoms with Gasteiger partial charge in [0.05, 0.1) is 13.2 Å². The van der Waals surface area contributed by atoms with Gasteiger partial charge in [-0.2, -0.15) is 0 Å². The molecule has 6 heteroatoms. The normalized spacial score (nSPS) is 16.0. The Bertz CT molecular complexity index is 511. The average Bonchev–Trinajstić information content (AvgIpc) is 2.58.